The topological polar surface area (TPSA) is 20.2 Å². The first-order valence-electron chi connectivity index (χ1n) is 5.55. The molecule has 0 heterocycles. The number of hydrogen-bond donors (Lipinski definition) is 1. The minimum atomic E-state index is -0.245. The second-order valence-electron chi connectivity index (χ2n) is 4.04. The summed E-state index contributed by atoms with van der Waals surface area (Å²) < 4.78 is 0. The largest absolute Gasteiger partial charge is 0.392 e. The van der Waals surface area contributed by atoms with Crippen LogP contribution in [0.2, 0.25) is 0 Å². The predicted molar refractivity (Wildman–Crippen MR) is 69.3 cm³/mol. The van der Waals surface area contributed by atoms with Gasteiger partial charge in [-0.15, -0.1) is 0 Å². The van der Waals surface area contributed by atoms with E-state index in [9.17, 15) is 5.11 Å². The van der Waals surface area contributed by atoms with Crippen LogP contribution < -0.4 is 0 Å². The van der Waals surface area contributed by atoms with Crippen LogP contribution in [0.5, 0.6) is 0 Å². The van der Waals surface area contributed by atoms with Crippen LogP contribution in [0.1, 0.15) is 13.3 Å². The first-order chi connectivity index (χ1) is 7.75. The third-order valence-electron chi connectivity index (χ3n) is 2.71. The fraction of sp³-hybridized carbons (Fsp3) is 0.286. The Hall–Kier alpha value is -0.990. The van der Waals surface area contributed by atoms with Gasteiger partial charge in [-0.2, -0.15) is 0 Å². The lowest BCUT2D eigenvalue weighted by Gasteiger charge is -2.10. The Bertz CT molecular complexity index is 394. The molecule has 1 aliphatic rings. The lowest BCUT2D eigenvalue weighted by atomic mass is 10.0. The first kappa shape index (κ1) is 11.5. The van der Waals surface area contributed by atoms with Gasteiger partial charge in [0.1, 0.15) is 0 Å². The van der Waals surface area contributed by atoms with Gasteiger partial charge >= 0.3 is 0 Å². The molecule has 0 unspecified atom stereocenters. The van der Waals surface area contributed by atoms with Crippen molar-refractivity contribution in [3.05, 3.63) is 53.5 Å². The van der Waals surface area contributed by atoms with Crippen molar-refractivity contribution < 1.29 is 5.11 Å². The van der Waals surface area contributed by atoms with Gasteiger partial charge in [-0.25, -0.2) is 0 Å². The monoisotopic (exact) mass is 232 g/mol. The van der Waals surface area contributed by atoms with E-state index in [0.29, 0.717) is 0 Å². The van der Waals surface area contributed by atoms with Gasteiger partial charge in [0.15, 0.2) is 0 Å². The fourth-order valence-corrected chi connectivity index (χ4v) is 2.49. The van der Waals surface area contributed by atoms with Crippen LogP contribution in [0.25, 0.3) is 0 Å². The van der Waals surface area contributed by atoms with Gasteiger partial charge in [0, 0.05) is 15.7 Å². The zero-order valence-corrected chi connectivity index (χ0v) is 10.2. The summed E-state index contributed by atoms with van der Waals surface area (Å²) in [5.74, 6) is 0.241. The van der Waals surface area contributed by atoms with E-state index in [4.69, 9.17) is 0 Å². The predicted octanol–water partition coefficient (Wildman–Crippen LogP) is 3.62. The van der Waals surface area contributed by atoms with Crippen LogP contribution in [-0.2, 0) is 0 Å². The van der Waals surface area contributed by atoms with Gasteiger partial charge in [-0.05, 0) is 18.6 Å². The standard InChI is InChI=1S/C14H16OS/c1-11-7-8-13(9-10-14(11)15)16-12-5-3-2-4-6-12/h2-9,11,14-15H,10H2,1H3/t11-,14+/m0/s1. The van der Waals surface area contributed by atoms with Crippen LogP contribution in [0, 0.1) is 5.92 Å². The normalized spacial score (nSPS) is 25.0. The molecule has 1 aromatic rings. The van der Waals surface area contributed by atoms with Crippen molar-refractivity contribution >= 4 is 11.8 Å². The zero-order chi connectivity index (χ0) is 11.4. The van der Waals surface area contributed by atoms with Gasteiger partial charge in [0.2, 0.25) is 0 Å². The molecule has 16 heavy (non-hydrogen) atoms. The Morgan fingerprint density at radius 1 is 1.25 bits per heavy atom. The van der Waals surface area contributed by atoms with Crippen molar-refractivity contribution in [3.63, 3.8) is 0 Å². The second kappa shape index (κ2) is 5.37. The molecule has 1 nitrogen and oxygen atoms in total. The molecule has 1 aliphatic carbocycles. The van der Waals surface area contributed by atoms with Crippen LogP contribution in [0.4, 0.5) is 0 Å². The maximum Gasteiger partial charge on any atom is 0.0635 e. The summed E-state index contributed by atoms with van der Waals surface area (Å²) in [4.78, 5) is 2.46. The summed E-state index contributed by atoms with van der Waals surface area (Å²) in [7, 11) is 0. The summed E-state index contributed by atoms with van der Waals surface area (Å²) in [5, 5.41) is 9.74. The van der Waals surface area contributed by atoms with Crippen molar-refractivity contribution in [2.24, 2.45) is 5.92 Å². The molecule has 0 radical (unpaired) electrons. The maximum atomic E-state index is 9.74. The number of aliphatic hydroxyl groups is 1. The van der Waals surface area contributed by atoms with Crippen molar-refractivity contribution in [3.8, 4) is 0 Å². The molecule has 1 aromatic carbocycles. The fourth-order valence-electron chi connectivity index (χ4n) is 1.59. The Balaban J connectivity index is 2.08. The van der Waals surface area contributed by atoms with E-state index >= 15 is 0 Å². The highest BCUT2D eigenvalue weighted by Gasteiger charge is 2.13. The van der Waals surface area contributed by atoms with Crippen LogP contribution in [0.15, 0.2) is 58.4 Å². The summed E-state index contributed by atoms with van der Waals surface area (Å²) in [6.07, 6.45) is 6.80. The van der Waals surface area contributed by atoms with Crippen LogP contribution in [-0.4, -0.2) is 11.2 Å². The highest BCUT2D eigenvalue weighted by Crippen LogP contribution is 2.30. The lowest BCUT2D eigenvalue weighted by molar-refractivity contribution is 0.141. The van der Waals surface area contributed by atoms with Crippen LogP contribution in [0.3, 0.4) is 0 Å². The molecule has 0 aliphatic heterocycles. The molecule has 1 N–H and O–H groups in total. The molecule has 2 atom stereocenters. The first-order valence-corrected chi connectivity index (χ1v) is 6.36. The molecule has 0 amide bonds. The molecule has 2 heteroatoms. The molecule has 0 fully saturated rings. The Labute approximate surface area is 101 Å². The minimum Gasteiger partial charge on any atom is -0.392 e. The van der Waals surface area contributed by atoms with Gasteiger partial charge < -0.3 is 5.11 Å². The van der Waals surface area contributed by atoms with Gasteiger partial charge in [-0.3, -0.25) is 0 Å². The van der Waals surface area contributed by atoms with E-state index in [1.54, 1.807) is 11.8 Å². The Morgan fingerprint density at radius 2 is 2.00 bits per heavy atom. The quantitative estimate of drug-likeness (QED) is 0.840. The number of benzene rings is 1. The molecule has 0 saturated carbocycles. The highest BCUT2D eigenvalue weighted by molar-refractivity contribution is 8.03. The minimum absolute atomic E-state index is 0.241. The summed E-state index contributed by atoms with van der Waals surface area (Å²) >= 11 is 1.75. The summed E-state index contributed by atoms with van der Waals surface area (Å²) in [6.45, 7) is 2.05. The summed E-state index contributed by atoms with van der Waals surface area (Å²) in [5.41, 5.74) is 0. The lowest BCUT2D eigenvalue weighted by Crippen LogP contribution is -2.13. The van der Waals surface area contributed by atoms with Crippen molar-refractivity contribution in [2.75, 3.05) is 0 Å². The van der Waals surface area contributed by atoms with E-state index < -0.39 is 0 Å². The maximum absolute atomic E-state index is 9.74. The highest BCUT2D eigenvalue weighted by atomic mass is 32.2. The molecule has 0 saturated heterocycles. The molecular formula is C14H16OS. The van der Waals surface area contributed by atoms with E-state index in [2.05, 4.69) is 30.4 Å². The number of thioether (sulfide) groups is 1. The van der Waals surface area contributed by atoms with Gasteiger partial charge in [0.25, 0.3) is 0 Å². The zero-order valence-electron chi connectivity index (χ0n) is 9.34. The van der Waals surface area contributed by atoms with E-state index in [1.807, 2.05) is 25.1 Å². The average molecular weight is 232 g/mol. The molecule has 0 aromatic heterocycles. The van der Waals surface area contributed by atoms with E-state index in [0.717, 1.165) is 6.42 Å². The van der Waals surface area contributed by atoms with E-state index in [-0.39, 0.29) is 12.0 Å². The Kier molecular flexibility index (Phi) is 3.86. The molecule has 0 spiro atoms. The smallest absolute Gasteiger partial charge is 0.0635 e. The number of allylic oxidation sites excluding steroid dienone is 1. The SMILES string of the molecule is C[C@H]1C=CC(Sc2ccccc2)=CC[C@H]1O. The third kappa shape index (κ3) is 3.00. The molecule has 2 rings (SSSR count). The molecule has 0 bridgehead atoms. The number of aliphatic hydroxyl groups excluding tert-OH is 1. The molecule has 84 valence electrons. The van der Waals surface area contributed by atoms with Gasteiger partial charge in [-0.1, -0.05) is 55.1 Å². The number of rotatable bonds is 2. The van der Waals surface area contributed by atoms with E-state index in [1.165, 1.54) is 9.80 Å². The number of hydrogen-bond acceptors (Lipinski definition) is 2. The van der Waals surface area contributed by atoms with Crippen molar-refractivity contribution in [2.45, 2.75) is 24.3 Å². The van der Waals surface area contributed by atoms with Crippen LogP contribution >= 0.6 is 11.8 Å². The molecular weight excluding hydrogens is 216 g/mol. The summed E-state index contributed by atoms with van der Waals surface area (Å²) in [6, 6.07) is 10.3. The van der Waals surface area contributed by atoms with Crippen molar-refractivity contribution in [1.82, 2.24) is 0 Å². The average Bonchev–Trinajstić information content (AvgIpc) is 2.46. The second-order valence-corrected chi connectivity index (χ2v) is 5.19. The van der Waals surface area contributed by atoms with Gasteiger partial charge in [0.05, 0.1) is 6.10 Å². The third-order valence-corrected chi connectivity index (χ3v) is 3.76. The Morgan fingerprint density at radius 3 is 2.75 bits per heavy atom. The van der Waals surface area contributed by atoms with Crippen molar-refractivity contribution in [1.29, 1.82) is 0 Å².